The molecule has 0 unspecified atom stereocenters. The third kappa shape index (κ3) is 31.0. The first kappa shape index (κ1) is 29.9. The molecule has 1 heteroatoms. The van der Waals surface area contributed by atoms with E-state index in [1.165, 1.54) is 24.8 Å². The zero-order valence-electron chi connectivity index (χ0n) is 19.8. The zero-order chi connectivity index (χ0) is 20.8. The number of ether oxygens (including phenoxy) is 1. The Morgan fingerprint density at radius 1 is 0.731 bits per heavy atom. The molecule has 0 aliphatic heterocycles. The first-order valence-corrected chi connectivity index (χ1v) is 10.9. The molecular weight excluding hydrogens is 316 g/mol. The summed E-state index contributed by atoms with van der Waals surface area (Å²) in [6.45, 7) is 23.5. The van der Waals surface area contributed by atoms with Crippen molar-refractivity contribution in [3.8, 4) is 0 Å². The van der Waals surface area contributed by atoms with Gasteiger partial charge in [0.15, 0.2) is 0 Å². The molecule has 0 aliphatic rings. The predicted octanol–water partition coefficient (Wildman–Crippen LogP) is 8.42. The molecule has 1 aromatic carbocycles. The van der Waals surface area contributed by atoms with Crippen molar-refractivity contribution in [2.75, 3.05) is 13.2 Å². The van der Waals surface area contributed by atoms with Crippen LogP contribution in [0, 0.1) is 17.8 Å². The molecule has 0 atom stereocenters. The fourth-order valence-corrected chi connectivity index (χ4v) is 2.13. The Bertz CT molecular complexity index is 327. The lowest BCUT2D eigenvalue weighted by Crippen LogP contribution is -2.01. The lowest BCUT2D eigenvalue weighted by Gasteiger charge is -2.03. The summed E-state index contributed by atoms with van der Waals surface area (Å²) in [6.07, 6.45) is 5.03. The van der Waals surface area contributed by atoms with E-state index in [-0.39, 0.29) is 0 Å². The molecule has 0 heterocycles. The van der Waals surface area contributed by atoms with Gasteiger partial charge in [0.25, 0.3) is 0 Å². The molecule has 0 saturated heterocycles. The van der Waals surface area contributed by atoms with E-state index in [1.54, 1.807) is 0 Å². The van der Waals surface area contributed by atoms with E-state index in [0.29, 0.717) is 5.92 Å². The highest BCUT2D eigenvalue weighted by atomic mass is 16.5. The Hall–Kier alpha value is -0.820. The van der Waals surface area contributed by atoms with Crippen LogP contribution in [-0.4, -0.2) is 13.2 Å². The van der Waals surface area contributed by atoms with Crippen LogP contribution in [0.25, 0.3) is 0 Å². The SMILES string of the molecule is CC.CC(C)Cc1ccccc1.CCCC(C)C.CCCOCC(C)C. The standard InChI is InChI=1S/C10H14.C7H16O.C6H14.C2H6/c1-9(2)8-10-6-4-3-5-7-10;1-4-5-8-6-7(2)3;1-4-5-6(2)3;1-2/h3-7,9H,8H2,1-2H3;7H,4-6H2,1-3H3;6H,4-5H2,1-3H3;1-2H3. The minimum atomic E-state index is 0.682. The van der Waals surface area contributed by atoms with Gasteiger partial charge in [-0.2, -0.15) is 0 Å². The molecule has 0 amide bonds. The summed E-state index contributed by atoms with van der Waals surface area (Å²) in [6, 6.07) is 10.6. The molecule has 0 aromatic heterocycles. The molecule has 0 saturated carbocycles. The van der Waals surface area contributed by atoms with Gasteiger partial charge in [-0.1, -0.05) is 112 Å². The molecule has 0 bridgehead atoms. The van der Waals surface area contributed by atoms with Crippen molar-refractivity contribution >= 4 is 0 Å². The molecule has 156 valence electrons. The molecule has 0 N–H and O–H groups in total. The number of benzene rings is 1. The summed E-state index contributed by atoms with van der Waals surface area (Å²) in [5.74, 6) is 2.35. The summed E-state index contributed by atoms with van der Waals surface area (Å²) in [4.78, 5) is 0. The fourth-order valence-electron chi connectivity index (χ4n) is 2.13. The molecule has 0 radical (unpaired) electrons. The van der Waals surface area contributed by atoms with E-state index in [4.69, 9.17) is 4.74 Å². The second kappa shape index (κ2) is 24.2. The van der Waals surface area contributed by atoms with Crippen LogP contribution >= 0.6 is 0 Å². The van der Waals surface area contributed by atoms with Crippen LogP contribution in [0.3, 0.4) is 0 Å². The number of rotatable bonds is 8. The second-order valence-corrected chi connectivity index (χ2v) is 7.73. The Morgan fingerprint density at radius 3 is 1.58 bits per heavy atom. The average Bonchev–Trinajstić information content (AvgIpc) is 2.58. The normalized spacial score (nSPS) is 9.73. The molecule has 26 heavy (non-hydrogen) atoms. The minimum Gasteiger partial charge on any atom is -0.381 e. The van der Waals surface area contributed by atoms with Crippen LogP contribution in [0.5, 0.6) is 0 Å². The van der Waals surface area contributed by atoms with Crippen molar-refractivity contribution < 1.29 is 4.74 Å². The van der Waals surface area contributed by atoms with Gasteiger partial charge in [-0.3, -0.25) is 0 Å². The van der Waals surface area contributed by atoms with Crippen molar-refractivity contribution in [2.45, 2.75) is 94.9 Å². The van der Waals surface area contributed by atoms with Crippen molar-refractivity contribution in [3.63, 3.8) is 0 Å². The highest BCUT2D eigenvalue weighted by Gasteiger charge is 1.94. The van der Waals surface area contributed by atoms with Crippen molar-refractivity contribution in [2.24, 2.45) is 17.8 Å². The van der Waals surface area contributed by atoms with E-state index in [1.807, 2.05) is 13.8 Å². The summed E-state index contributed by atoms with van der Waals surface area (Å²) in [5.41, 5.74) is 1.44. The first-order valence-electron chi connectivity index (χ1n) is 10.9. The number of hydrogen-bond donors (Lipinski definition) is 0. The minimum absolute atomic E-state index is 0.682. The lowest BCUT2D eigenvalue weighted by molar-refractivity contribution is 0.110. The van der Waals surface area contributed by atoms with Gasteiger partial charge in [0.2, 0.25) is 0 Å². The van der Waals surface area contributed by atoms with Gasteiger partial charge in [-0.15, -0.1) is 0 Å². The first-order chi connectivity index (χ1) is 12.3. The van der Waals surface area contributed by atoms with Crippen molar-refractivity contribution in [1.29, 1.82) is 0 Å². The van der Waals surface area contributed by atoms with Gasteiger partial charge < -0.3 is 4.74 Å². The average molecular weight is 367 g/mol. The van der Waals surface area contributed by atoms with Gasteiger partial charge in [-0.05, 0) is 36.2 Å². The van der Waals surface area contributed by atoms with Gasteiger partial charge in [0, 0.05) is 13.2 Å². The highest BCUT2D eigenvalue weighted by molar-refractivity contribution is 5.14. The molecular formula is C25H50O. The molecule has 0 fully saturated rings. The van der Waals surface area contributed by atoms with E-state index in [2.05, 4.69) is 85.7 Å². The quantitative estimate of drug-likeness (QED) is 0.419. The van der Waals surface area contributed by atoms with Crippen LogP contribution in [0.2, 0.25) is 0 Å². The lowest BCUT2D eigenvalue weighted by atomic mass is 10.0. The van der Waals surface area contributed by atoms with Crippen LogP contribution in [0.1, 0.15) is 94.1 Å². The fraction of sp³-hybridized carbons (Fsp3) is 0.760. The Balaban J connectivity index is -0.000000300. The van der Waals surface area contributed by atoms with E-state index in [0.717, 1.165) is 31.5 Å². The topological polar surface area (TPSA) is 9.23 Å². The number of hydrogen-bond acceptors (Lipinski definition) is 1. The van der Waals surface area contributed by atoms with Crippen molar-refractivity contribution in [1.82, 2.24) is 0 Å². The maximum atomic E-state index is 5.24. The van der Waals surface area contributed by atoms with E-state index >= 15 is 0 Å². The van der Waals surface area contributed by atoms with Gasteiger partial charge in [0.05, 0.1) is 0 Å². The zero-order valence-corrected chi connectivity index (χ0v) is 19.8. The smallest absolute Gasteiger partial charge is 0.0488 e. The van der Waals surface area contributed by atoms with Gasteiger partial charge in [0.1, 0.15) is 0 Å². The van der Waals surface area contributed by atoms with Crippen LogP contribution in [-0.2, 0) is 11.2 Å². The molecule has 1 nitrogen and oxygen atoms in total. The Morgan fingerprint density at radius 2 is 1.27 bits per heavy atom. The van der Waals surface area contributed by atoms with Crippen LogP contribution < -0.4 is 0 Å². The van der Waals surface area contributed by atoms with Crippen LogP contribution in [0.4, 0.5) is 0 Å². The molecule has 0 spiro atoms. The Labute approximate surface area is 166 Å². The van der Waals surface area contributed by atoms with Gasteiger partial charge in [-0.25, -0.2) is 0 Å². The molecule has 1 rings (SSSR count). The second-order valence-electron chi connectivity index (χ2n) is 7.73. The Kier molecular flexibility index (Phi) is 27.8. The third-order valence-electron chi connectivity index (χ3n) is 3.15. The summed E-state index contributed by atoms with van der Waals surface area (Å²) in [5, 5.41) is 0. The molecule has 0 aliphatic carbocycles. The van der Waals surface area contributed by atoms with E-state index in [9.17, 15) is 0 Å². The van der Waals surface area contributed by atoms with E-state index < -0.39 is 0 Å². The molecule has 1 aromatic rings. The summed E-state index contributed by atoms with van der Waals surface area (Å²) >= 11 is 0. The summed E-state index contributed by atoms with van der Waals surface area (Å²) < 4.78 is 5.24. The highest BCUT2D eigenvalue weighted by Crippen LogP contribution is 2.06. The predicted molar refractivity (Wildman–Crippen MR) is 122 cm³/mol. The maximum Gasteiger partial charge on any atom is 0.0488 e. The van der Waals surface area contributed by atoms with Gasteiger partial charge >= 0.3 is 0 Å². The third-order valence-corrected chi connectivity index (χ3v) is 3.15. The maximum absolute atomic E-state index is 5.24. The summed E-state index contributed by atoms with van der Waals surface area (Å²) in [7, 11) is 0. The monoisotopic (exact) mass is 366 g/mol. The van der Waals surface area contributed by atoms with Crippen LogP contribution in [0.15, 0.2) is 30.3 Å². The van der Waals surface area contributed by atoms with Crippen molar-refractivity contribution in [3.05, 3.63) is 35.9 Å². The largest absolute Gasteiger partial charge is 0.381 e.